The van der Waals surface area contributed by atoms with Crippen LogP contribution in [-0.2, 0) is 0 Å². The van der Waals surface area contributed by atoms with E-state index in [4.69, 9.17) is 16.0 Å². The summed E-state index contributed by atoms with van der Waals surface area (Å²) in [5.74, 6) is -1.05. The van der Waals surface area contributed by atoms with Crippen molar-refractivity contribution in [3.63, 3.8) is 0 Å². The van der Waals surface area contributed by atoms with Gasteiger partial charge < -0.3 is 14.6 Å². The van der Waals surface area contributed by atoms with E-state index in [2.05, 4.69) is 10.5 Å². The molecule has 2 aromatic rings. The van der Waals surface area contributed by atoms with Gasteiger partial charge in [-0.25, -0.2) is 10.2 Å². The number of nitrogens with one attached hydrogen (secondary N) is 1. The number of amides is 1. The summed E-state index contributed by atoms with van der Waals surface area (Å²) in [6.07, 6.45) is 0. The molecule has 0 spiro atoms. The van der Waals surface area contributed by atoms with Crippen LogP contribution in [0.5, 0.6) is 11.5 Å². The molecule has 0 atom stereocenters. The highest BCUT2D eigenvalue weighted by Gasteiger charge is 2.15. The number of phenolic OH excluding ortho intramolecular Hbond substituents is 1. The maximum atomic E-state index is 12.0. The van der Waals surface area contributed by atoms with E-state index in [-0.39, 0.29) is 39.1 Å². The molecule has 8 heteroatoms. The summed E-state index contributed by atoms with van der Waals surface area (Å²) in [6, 6.07) is 5.24. The molecule has 3 N–H and O–H groups in total. The Bertz CT molecular complexity index is 857. The Hall–Kier alpha value is -2.80. The number of halogens is 1. The van der Waals surface area contributed by atoms with Gasteiger partial charge in [0.05, 0.1) is 11.3 Å². The number of carbonyl (C=O) groups excluding carboxylic acids is 1. The maximum absolute atomic E-state index is 12.0. The zero-order chi connectivity index (χ0) is 17.1. The molecule has 2 rings (SSSR count). The number of hydrazone groups is 1. The Labute approximate surface area is 135 Å². The van der Waals surface area contributed by atoms with Crippen LogP contribution in [0.15, 0.2) is 38.6 Å². The minimum absolute atomic E-state index is 0.0473. The fourth-order valence-corrected chi connectivity index (χ4v) is 2.04. The van der Waals surface area contributed by atoms with E-state index < -0.39 is 11.5 Å². The fraction of sp³-hybridized carbons (Fsp3) is 0.133. The molecule has 0 aliphatic carbocycles. The van der Waals surface area contributed by atoms with Crippen molar-refractivity contribution in [2.45, 2.75) is 13.8 Å². The number of benzene rings is 1. The third-order valence-electron chi connectivity index (χ3n) is 2.94. The minimum Gasteiger partial charge on any atom is -0.507 e. The molecule has 1 aromatic carbocycles. The molecular formula is C15H13ClN2O5. The summed E-state index contributed by atoms with van der Waals surface area (Å²) in [6.45, 7) is 2.93. The van der Waals surface area contributed by atoms with Gasteiger partial charge in [0.25, 0.3) is 5.91 Å². The Kier molecular flexibility index (Phi) is 4.71. The Morgan fingerprint density at radius 3 is 2.61 bits per heavy atom. The average molecular weight is 337 g/mol. The SMILES string of the molecule is C/C(=N\NC(=O)c1cc(Cl)ccc1O)c1c(O)cc(C)oc1=O. The van der Waals surface area contributed by atoms with Gasteiger partial charge >= 0.3 is 5.63 Å². The average Bonchev–Trinajstić information content (AvgIpc) is 2.46. The molecule has 0 aliphatic rings. The van der Waals surface area contributed by atoms with Crippen molar-refractivity contribution in [1.82, 2.24) is 5.43 Å². The molecule has 0 radical (unpaired) electrons. The van der Waals surface area contributed by atoms with Crippen LogP contribution in [0.2, 0.25) is 5.02 Å². The van der Waals surface area contributed by atoms with E-state index in [9.17, 15) is 19.8 Å². The summed E-state index contributed by atoms with van der Waals surface area (Å²) in [7, 11) is 0. The van der Waals surface area contributed by atoms with E-state index >= 15 is 0 Å². The summed E-state index contributed by atoms with van der Waals surface area (Å²) >= 11 is 5.76. The summed E-state index contributed by atoms with van der Waals surface area (Å²) in [5, 5.41) is 23.4. The monoisotopic (exact) mass is 336 g/mol. The molecule has 1 heterocycles. The number of aromatic hydroxyl groups is 2. The molecule has 0 unspecified atom stereocenters. The van der Waals surface area contributed by atoms with Crippen molar-refractivity contribution in [2.75, 3.05) is 0 Å². The normalized spacial score (nSPS) is 11.3. The van der Waals surface area contributed by atoms with E-state index in [1.807, 2.05) is 0 Å². The van der Waals surface area contributed by atoms with E-state index in [1.54, 1.807) is 0 Å². The second-order valence-corrected chi connectivity index (χ2v) is 5.14. The first kappa shape index (κ1) is 16.6. The number of nitrogens with zero attached hydrogens (tertiary/aromatic N) is 1. The van der Waals surface area contributed by atoms with Crippen LogP contribution >= 0.6 is 11.6 Å². The maximum Gasteiger partial charge on any atom is 0.348 e. The lowest BCUT2D eigenvalue weighted by Gasteiger charge is -2.06. The lowest BCUT2D eigenvalue weighted by molar-refractivity contribution is 0.0952. The molecular weight excluding hydrogens is 324 g/mol. The van der Waals surface area contributed by atoms with Gasteiger partial charge in [0.15, 0.2) is 0 Å². The van der Waals surface area contributed by atoms with Crippen molar-refractivity contribution in [2.24, 2.45) is 5.10 Å². The molecule has 0 aliphatic heterocycles. The van der Waals surface area contributed by atoms with Gasteiger partial charge in [-0.15, -0.1) is 0 Å². The largest absolute Gasteiger partial charge is 0.507 e. The number of carbonyl (C=O) groups is 1. The van der Waals surface area contributed by atoms with E-state index in [0.29, 0.717) is 0 Å². The van der Waals surface area contributed by atoms with Gasteiger partial charge in [0.1, 0.15) is 22.8 Å². The number of aryl methyl sites for hydroxylation is 1. The predicted octanol–water partition coefficient (Wildman–Crippen LogP) is 2.17. The van der Waals surface area contributed by atoms with E-state index in [0.717, 1.165) is 0 Å². The zero-order valence-corrected chi connectivity index (χ0v) is 13.0. The topological polar surface area (TPSA) is 112 Å². The first-order valence-electron chi connectivity index (χ1n) is 6.47. The van der Waals surface area contributed by atoms with Gasteiger partial charge in [-0.2, -0.15) is 5.10 Å². The Morgan fingerprint density at radius 1 is 1.26 bits per heavy atom. The summed E-state index contributed by atoms with van der Waals surface area (Å²) in [5.41, 5.74) is 1.21. The quantitative estimate of drug-likeness (QED) is 0.587. The second kappa shape index (κ2) is 6.53. The molecule has 0 bridgehead atoms. The van der Waals surface area contributed by atoms with Crippen molar-refractivity contribution in [3.05, 3.63) is 56.6 Å². The first-order chi connectivity index (χ1) is 10.8. The molecule has 0 saturated carbocycles. The van der Waals surface area contributed by atoms with Crippen LogP contribution in [-0.4, -0.2) is 21.8 Å². The molecule has 1 amide bonds. The van der Waals surface area contributed by atoms with Gasteiger partial charge in [-0.05, 0) is 32.0 Å². The smallest absolute Gasteiger partial charge is 0.348 e. The van der Waals surface area contributed by atoms with Crippen LogP contribution in [0, 0.1) is 6.92 Å². The molecule has 0 saturated heterocycles. The third kappa shape index (κ3) is 3.70. The number of rotatable bonds is 3. The Balaban J connectivity index is 2.28. The number of hydrogen-bond acceptors (Lipinski definition) is 6. The van der Waals surface area contributed by atoms with Crippen molar-refractivity contribution in [1.29, 1.82) is 0 Å². The fourth-order valence-electron chi connectivity index (χ4n) is 1.87. The highest BCUT2D eigenvalue weighted by Crippen LogP contribution is 2.21. The van der Waals surface area contributed by atoms with Gasteiger partial charge in [0, 0.05) is 11.1 Å². The van der Waals surface area contributed by atoms with Gasteiger partial charge in [0.2, 0.25) is 0 Å². The molecule has 1 aromatic heterocycles. The second-order valence-electron chi connectivity index (χ2n) is 4.70. The summed E-state index contributed by atoms with van der Waals surface area (Å²) < 4.78 is 4.87. The third-order valence-corrected chi connectivity index (χ3v) is 3.18. The van der Waals surface area contributed by atoms with Crippen LogP contribution in [0.3, 0.4) is 0 Å². The van der Waals surface area contributed by atoms with Crippen molar-refractivity contribution in [3.8, 4) is 11.5 Å². The van der Waals surface area contributed by atoms with E-state index in [1.165, 1.54) is 38.1 Å². The zero-order valence-electron chi connectivity index (χ0n) is 12.3. The van der Waals surface area contributed by atoms with Crippen LogP contribution in [0.4, 0.5) is 0 Å². The minimum atomic E-state index is -0.774. The molecule has 7 nitrogen and oxygen atoms in total. The molecule has 23 heavy (non-hydrogen) atoms. The Morgan fingerprint density at radius 2 is 1.96 bits per heavy atom. The van der Waals surface area contributed by atoms with Gasteiger partial charge in [-0.3, -0.25) is 4.79 Å². The summed E-state index contributed by atoms with van der Waals surface area (Å²) in [4.78, 5) is 23.7. The van der Waals surface area contributed by atoms with Crippen LogP contribution < -0.4 is 11.1 Å². The highest BCUT2D eigenvalue weighted by molar-refractivity contribution is 6.31. The predicted molar refractivity (Wildman–Crippen MR) is 84.2 cm³/mol. The highest BCUT2D eigenvalue weighted by atomic mass is 35.5. The standard InChI is InChI=1S/C15H13ClN2O5/c1-7-5-12(20)13(15(22)23-7)8(2)17-18-14(21)10-6-9(16)3-4-11(10)19/h3-6,19-20H,1-2H3,(H,18,21)/b17-8+. The molecule has 120 valence electrons. The van der Waals surface area contributed by atoms with Crippen LogP contribution in [0.1, 0.15) is 28.6 Å². The molecule has 0 fully saturated rings. The van der Waals surface area contributed by atoms with Gasteiger partial charge in [-0.1, -0.05) is 11.6 Å². The number of phenols is 1. The van der Waals surface area contributed by atoms with Crippen LogP contribution in [0.25, 0.3) is 0 Å². The van der Waals surface area contributed by atoms with Crippen molar-refractivity contribution < 1.29 is 19.4 Å². The lowest BCUT2D eigenvalue weighted by Crippen LogP contribution is -2.21. The first-order valence-corrected chi connectivity index (χ1v) is 6.84. The number of hydrogen-bond donors (Lipinski definition) is 3. The lowest BCUT2D eigenvalue weighted by atomic mass is 10.2. The van der Waals surface area contributed by atoms with Crippen molar-refractivity contribution >= 4 is 23.2 Å².